The second kappa shape index (κ2) is 30.8. The molecule has 1 unspecified atom stereocenters. The fraction of sp³-hybridized carbons (Fsp3) is 0.288. The summed E-state index contributed by atoms with van der Waals surface area (Å²) >= 11 is 0. The Kier molecular flexibility index (Phi) is 23.1. The van der Waals surface area contributed by atoms with Crippen LogP contribution in [0.3, 0.4) is 0 Å². The summed E-state index contributed by atoms with van der Waals surface area (Å²) < 4.78 is 125. The summed E-state index contributed by atoms with van der Waals surface area (Å²) in [6, 6.07) is 60.7. The van der Waals surface area contributed by atoms with E-state index in [0.717, 1.165) is 0 Å². The fourth-order valence-electron chi connectivity index (χ4n) is 8.41. The average molecular weight is 1150 g/mol. The van der Waals surface area contributed by atoms with E-state index in [4.69, 9.17) is 54.9 Å². The minimum Gasteiger partial charge on any atom is -0.368 e. The SMILES string of the molecule is CCOC(C)O[C@@H]1[C@H](N=[N+]=[N-])[C@@H](OP(=O)(OCc2ccccc2)OCc2ccccc2)[C@H](OP(=O)(OCc2ccccc2)OCc2ccccc2)[C@@H](OCc2ccccc2)[C@@H]1OP(=O)(OCc1ccccc1)OCc1ccccc1. The van der Waals surface area contributed by atoms with Crippen LogP contribution in [0.4, 0.5) is 0 Å². The molecule has 0 saturated heterocycles. The quantitative estimate of drug-likeness (QED) is 0.0126. The van der Waals surface area contributed by atoms with E-state index in [1.165, 1.54) is 0 Å². The molecule has 1 aliphatic carbocycles. The first-order valence-electron chi connectivity index (χ1n) is 25.9. The molecule has 0 spiro atoms. The molecular formula is C59H64N3O15P3. The van der Waals surface area contributed by atoms with E-state index in [1.807, 2.05) is 42.5 Å². The van der Waals surface area contributed by atoms with Crippen molar-refractivity contribution in [2.45, 2.75) is 103 Å². The number of hydrogen-bond acceptors (Lipinski definition) is 16. The lowest BCUT2D eigenvalue weighted by Crippen LogP contribution is -2.66. The monoisotopic (exact) mass is 1150 g/mol. The number of azide groups is 1. The molecule has 0 aromatic heterocycles. The molecule has 1 saturated carbocycles. The van der Waals surface area contributed by atoms with Crippen molar-refractivity contribution in [2.75, 3.05) is 6.61 Å². The number of phosphoric acid groups is 3. The molecule has 7 aromatic rings. The zero-order valence-electron chi connectivity index (χ0n) is 44.2. The lowest BCUT2D eigenvalue weighted by Gasteiger charge is -2.49. The Bertz CT molecular complexity index is 2960. The van der Waals surface area contributed by atoms with Crippen LogP contribution in [0.1, 0.15) is 52.8 Å². The van der Waals surface area contributed by atoms with Gasteiger partial charge in [0.2, 0.25) is 0 Å². The van der Waals surface area contributed by atoms with Gasteiger partial charge in [-0.3, -0.25) is 40.7 Å². The van der Waals surface area contributed by atoms with E-state index in [0.29, 0.717) is 38.9 Å². The first kappa shape index (κ1) is 60.2. The number of ether oxygens (including phenoxy) is 3. The van der Waals surface area contributed by atoms with Crippen LogP contribution in [0.5, 0.6) is 0 Å². The Labute approximate surface area is 466 Å². The van der Waals surface area contributed by atoms with Crippen molar-refractivity contribution >= 4 is 23.5 Å². The van der Waals surface area contributed by atoms with Crippen LogP contribution in [0.25, 0.3) is 10.4 Å². The fourth-order valence-corrected chi connectivity index (χ4v) is 12.5. The Hall–Kier alpha value is -5.94. The van der Waals surface area contributed by atoms with Gasteiger partial charge in [0.25, 0.3) is 0 Å². The van der Waals surface area contributed by atoms with Gasteiger partial charge >= 0.3 is 23.5 Å². The second-order valence-corrected chi connectivity index (χ2v) is 23.1. The Balaban J connectivity index is 1.31. The molecule has 0 amide bonds. The van der Waals surface area contributed by atoms with Crippen LogP contribution < -0.4 is 0 Å². The summed E-state index contributed by atoms with van der Waals surface area (Å²) in [6.07, 6.45) is -10.0. The van der Waals surface area contributed by atoms with Gasteiger partial charge in [0.05, 0.1) is 52.3 Å². The highest BCUT2D eigenvalue weighted by Crippen LogP contribution is 2.60. The van der Waals surface area contributed by atoms with Gasteiger partial charge in [-0.1, -0.05) is 217 Å². The predicted octanol–water partition coefficient (Wildman–Crippen LogP) is 14.8. The molecular weight excluding hydrogens is 1080 g/mol. The molecule has 1 fully saturated rings. The zero-order valence-corrected chi connectivity index (χ0v) is 46.9. The third kappa shape index (κ3) is 18.5. The number of phosphoric ester groups is 3. The van der Waals surface area contributed by atoms with Gasteiger partial charge in [-0.15, -0.1) is 0 Å². The van der Waals surface area contributed by atoms with Crippen molar-refractivity contribution in [1.82, 2.24) is 0 Å². The van der Waals surface area contributed by atoms with Gasteiger partial charge in [-0.25, -0.2) is 13.7 Å². The molecule has 420 valence electrons. The van der Waals surface area contributed by atoms with E-state index >= 15 is 13.7 Å². The topological polar surface area (TPSA) is 211 Å². The van der Waals surface area contributed by atoms with Crippen molar-refractivity contribution in [2.24, 2.45) is 5.11 Å². The third-order valence-electron chi connectivity index (χ3n) is 12.3. The van der Waals surface area contributed by atoms with Crippen LogP contribution in [-0.2, 0) is 115 Å². The van der Waals surface area contributed by atoms with Gasteiger partial charge in [0, 0.05) is 11.5 Å². The van der Waals surface area contributed by atoms with Gasteiger partial charge < -0.3 is 14.2 Å². The Morgan fingerprint density at radius 1 is 0.400 bits per heavy atom. The van der Waals surface area contributed by atoms with Gasteiger partial charge in [0.1, 0.15) is 30.5 Å². The molecule has 0 aliphatic heterocycles. The van der Waals surface area contributed by atoms with Gasteiger partial charge in [0.15, 0.2) is 6.29 Å². The highest BCUT2D eigenvalue weighted by Gasteiger charge is 2.60. The molecule has 0 heterocycles. The van der Waals surface area contributed by atoms with Crippen LogP contribution in [0.2, 0.25) is 0 Å². The van der Waals surface area contributed by atoms with Crippen molar-refractivity contribution in [1.29, 1.82) is 0 Å². The molecule has 80 heavy (non-hydrogen) atoms. The zero-order chi connectivity index (χ0) is 55.9. The van der Waals surface area contributed by atoms with Crippen molar-refractivity contribution < 1.29 is 68.6 Å². The highest BCUT2D eigenvalue weighted by molar-refractivity contribution is 7.49. The van der Waals surface area contributed by atoms with Gasteiger partial charge in [-0.2, -0.15) is 0 Å². The largest absolute Gasteiger partial charge is 0.475 e. The van der Waals surface area contributed by atoms with E-state index in [2.05, 4.69) is 10.0 Å². The molecule has 8 rings (SSSR count). The molecule has 0 radical (unpaired) electrons. The second-order valence-electron chi connectivity index (χ2n) is 18.2. The molecule has 18 nitrogen and oxygen atoms in total. The smallest absolute Gasteiger partial charge is 0.368 e. The van der Waals surface area contributed by atoms with E-state index in [9.17, 15) is 5.53 Å². The van der Waals surface area contributed by atoms with Crippen LogP contribution >= 0.6 is 23.5 Å². The highest BCUT2D eigenvalue weighted by atomic mass is 31.2. The lowest BCUT2D eigenvalue weighted by molar-refractivity contribution is -0.247. The maximum absolute atomic E-state index is 15.9. The first-order chi connectivity index (χ1) is 39.0. The number of rotatable bonds is 32. The first-order valence-corrected chi connectivity index (χ1v) is 30.3. The summed E-state index contributed by atoms with van der Waals surface area (Å²) in [5.41, 5.74) is 14.9. The van der Waals surface area contributed by atoms with E-state index < -0.39 is 66.3 Å². The number of benzene rings is 7. The third-order valence-corrected chi connectivity index (χ3v) is 16.5. The minimum absolute atomic E-state index is 0.153. The van der Waals surface area contributed by atoms with Crippen LogP contribution in [0.15, 0.2) is 217 Å². The van der Waals surface area contributed by atoms with Crippen molar-refractivity contribution in [3.63, 3.8) is 0 Å². The van der Waals surface area contributed by atoms with Crippen LogP contribution in [0, 0.1) is 0 Å². The molecule has 0 N–H and O–H groups in total. The summed E-state index contributed by atoms with van der Waals surface area (Å²) in [4.78, 5) is 3.25. The Morgan fingerprint density at radius 3 is 0.938 bits per heavy atom. The maximum atomic E-state index is 15.9. The van der Waals surface area contributed by atoms with Crippen LogP contribution in [-0.4, -0.2) is 49.5 Å². The summed E-state index contributed by atoms with van der Waals surface area (Å²) in [5, 5.41) is 4.25. The van der Waals surface area contributed by atoms with Crippen molar-refractivity contribution in [3.8, 4) is 0 Å². The standard InChI is InChI=1S/C59H64N3O15P3/c1-3-66-46(2)74-55-54(61-62-60)56(75-78(63,68-40-48-27-13-5-14-28-48)69-41-49-29-15-6-16-30-49)59(77-80(65,72-44-52-35-21-9-22-36-52)73-45-53-37-23-10-24-38-53)57(67-39-47-25-11-4-12-26-47)58(55)76-79(64,70-42-50-31-17-7-18-32-50)71-43-51-33-19-8-20-34-51/h4-38,46,54-59H,3,39-45H2,1-2H3/t46?,54-,55+,56+,57-,58+,59-/m0/s1. The average Bonchev–Trinajstić information content (AvgIpc) is 3.58. The summed E-state index contributed by atoms with van der Waals surface area (Å²) in [6.45, 7) is 1.55. The molecule has 1 aliphatic rings. The Morgan fingerprint density at radius 2 is 0.662 bits per heavy atom. The summed E-state index contributed by atoms with van der Waals surface area (Å²) in [7, 11) is -14.8. The number of hydrogen-bond donors (Lipinski definition) is 0. The van der Waals surface area contributed by atoms with Crippen molar-refractivity contribution in [3.05, 3.63) is 262 Å². The maximum Gasteiger partial charge on any atom is 0.475 e. The molecule has 7 atom stereocenters. The van der Waals surface area contributed by atoms with E-state index in [-0.39, 0.29) is 52.9 Å². The molecule has 21 heteroatoms. The minimum atomic E-state index is -4.99. The molecule has 0 bridgehead atoms. The number of nitrogens with zero attached hydrogens (tertiary/aromatic N) is 3. The van der Waals surface area contributed by atoms with E-state index in [1.54, 1.807) is 184 Å². The normalized spacial score (nSPS) is 19.0. The predicted molar refractivity (Wildman–Crippen MR) is 299 cm³/mol. The molecule has 7 aromatic carbocycles. The lowest BCUT2D eigenvalue weighted by atomic mass is 9.83. The summed E-state index contributed by atoms with van der Waals surface area (Å²) in [5.74, 6) is 0. The van der Waals surface area contributed by atoms with Gasteiger partial charge in [-0.05, 0) is 58.3 Å².